The van der Waals surface area contributed by atoms with E-state index in [2.05, 4.69) is 20.7 Å². The van der Waals surface area contributed by atoms with Crippen LogP contribution in [0.15, 0.2) is 18.3 Å². The zero-order chi connectivity index (χ0) is 24.0. The Bertz CT molecular complexity index is 927. The fourth-order valence-corrected chi connectivity index (χ4v) is 3.91. The highest BCUT2D eigenvalue weighted by molar-refractivity contribution is 7.80. The Hall–Kier alpha value is -2.86. The van der Waals surface area contributed by atoms with E-state index >= 15 is 8.78 Å². The molecule has 1 aromatic heterocycles. The minimum atomic E-state index is -0.745. The summed E-state index contributed by atoms with van der Waals surface area (Å²) >= 11 is 5.05. The number of halogens is 2. The summed E-state index contributed by atoms with van der Waals surface area (Å²) in [6.45, 7) is 2.39. The van der Waals surface area contributed by atoms with Gasteiger partial charge in [0.25, 0.3) is 5.17 Å². The summed E-state index contributed by atoms with van der Waals surface area (Å²) in [7, 11) is 5.33. The van der Waals surface area contributed by atoms with Crippen molar-refractivity contribution in [3.8, 4) is 0 Å². The van der Waals surface area contributed by atoms with Gasteiger partial charge in [0.05, 0.1) is 7.11 Å². The van der Waals surface area contributed by atoms with Gasteiger partial charge in [0.15, 0.2) is 0 Å². The number of piperazine rings is 1. The number of aromatic nitrogens is 3. The minimum absolute atomic E-state index is 0.0549. The number of nitrogens with zero attached hydrogens (tertiary/aromatic N) is 5. The third-order valence-electron chi connectivity index (χ3n) is 5.50. The molecule has 1 fully saturated rings. The van der Waals surface area contributed by atoms with E-state index in [0.717, 1.165) is 13.0 Å². The van der Waals surface area contributed by atoms with Crippen LogP contribution in [-0.4, -0.2) is 90.2 Å². The van der Waals surface area contributed by atoms with Crippen LogP contribution in [0, 0.1) is 11.6 Å². The zero-order valence-corrected chi connectivity index (χ0v) is 19.8. The topological polar surface area (TPSA) is 89.6 Å². The largest absolute Gasteiger partial charge is 0.474 e. The molecule has 0 spiro atoms. The predicted molar refractivity (Wildman–Crippen MR) is 124 cm³/mol. The average Bonchev–Trinajstić information content (AvgIpc) is 3.31. The number of ether oxygens (including phenoxy) is 1. The van der Waals surface area contributed by atoms with Gasteiger partial charge in [-0.25, -0.2) is 8.78 Å². The number of carbonyl (C=O) groups excluding carboxylic acids is 1. The van der Waals surface area contributed by atoms with Gasteiger partial charge in [-0.3, -0.25) is 9.89 Å². The number of methoxy groups -OCH3 is 1. The minimum Gasteiger partial charge on any atom is -0.474 e. The number of amides is 1. The second kappa shape index (κ2) is 11.3. The molecule has 1 unspecified atom stereocenters. The quantitative estimate of drug-likeness (QED) is 0.551. The maximum Gasteiger partial charge on any atom is 0.257 e. The molecule has 1 aliphatic rings. The number of H-pyrrole nitrogens is 1. The maximum absolute atomic E-state index is 15.1. The van der Waals surface area contributed by atoms with Crippen molar-refractivity contribution in [2.24, 2.45) is 0 Å². The van der Waals surface area contributed by atoms with E-state index in [0.29, 0.717) is 38.3 Å². The lowest BCUT2D eigenvalue weighted by molar-refractivity contribution is -0.131. The SMILES string of the molecule is COC(=S)NC(c1cc(F)c(N2CCN(C(=O)CCCN(C)C)CC2)c(F)c1)c1c[nH]nn1. The standard InChI is InChI=1S/C21H29F2N7O2S/c1-28(2)6-4-5-18(31)29-7-9-30(10-8-29)20-15(22)11-14(12-16(20)23)19(25-21(33)32-3)17-13-24-27-26-17/h11-13,19H,4-10H2,1-3H3,(H,25,33)(H,24,26,27). The Kier molecular flexibility index (Phi) is 8.50. The fraction of sp³-hybridized carbons (Fsp3) is 0.524. The van der Waals surface area contributed by atoms with Crippen molar-refractivity contribution in [2.45, 2.75) is 18.9 Å². The first-order valence-corrected chi connectivity index (χ1v) is 11.1. The summed E-state index contributed by atoms with van der Waals surface area (Å²) < 4.78 is 35.2. The van der Waals surface area contributed by atoms with Gasteiger partial charge in [-0.1, -0.05) is 5.21 Å². The predicted octanol–water partition coefficient (Wildman–Crippen LogP) is 1.68. The van der Waals surface area contributed by atoms with Crippen molar-refractivity contribution in [1.82, 2.24) is 30.5 Å². The molecule has 1 amide bonds. The summed E-state index contributed by atoms with van der Waals surface area (Å²) in [5.41, 5.74) is 0.589. The number of rotatable bonds is 8. The lowest BCUT2D eigenvalue weighted by atomic mass is 10.0. The van der Waals surface area contributed by atoms with Gasteiger partial charge in [-0.15, -0.1) is 5.10 Å². The molecular weight excluding hydrogens is 452 g/mol. The van der Waals surface area contributed by atoms with Crippen LogP contribution in [-0.2, 0) is 9.53 Å². The first-order valence-electron chi connectivity index (χ1n) is 10.7. The third-order valence-corrected chi connectivity index (χ3v) is 5.78. The highest BCUT2D eigenvalue weighted by Gasteiger charge is 2.27. The van der Waals surface area contributed by atoms with Gasteiger partial charge in [0, 0.05) is 38.8 Å². The average molecular weight is 482 g/mol. The number of nitrogens with one attached hydrogen (secondary N) is 2. The van der Waals surface area contributed by atoms with Crippen LogP contribution >= 0.6 is 12.2 Å². The van der Waals surface area contributed by atoms with Crippen molar-refractivity contribution < 1.29 is 18.3 Å². The number of benzene rings is 1. The Morgan fingerprint density at radius 3 is 2.48 bits per heavy atom. The molecule has 33 heavy (non-hydrogen) atoms. The first kappa shape index (κ1) is 24.8. The van der Waals surface area contributed by atoms with Crippen molar-refractivity contribution >= 4 is 29.0 Å². The molecule has 0 radical (unpaired) electrons. The molecule has 1 atom stereocenters. The van der Waals surface area contributed by atoms with Gasteiger partial charge in [0.2, 0.25) is 5.91 Å². The zero-order valence-electron chi connectivity index (χ0n) is 19.0. The van der Waals surface area contributed by atoms with Gasteiger partial charge in [-0.05, 0) is 57.0 Å². The maximum atomic E-state index is 15.1. The number of thiocarbonyl (C=S) groups is 1. The van der Waals surface area contributed by atoms with E-state index in [-0.39, 0.29) is 22.3 Å². The Morgan fingerprint density at radius 2 is 1.94 bits per heavy atom. The molecular formula is C21H29F2N7O2S. The molecule has 1 aliphatic heterocycles. The van der Waals surface area contributed by atoms with E-state index in [1.54, 1.807) is 9.80 Å². The van der Waals surface area contributed by atoms with Crippen LogP contribution < -0.4 is 10.2 Å². The molecule has 2 aromatic rings. The Morgan fingerprint density at radius 1 is 1.27 bits per heavy atom. The number of hydrogen-bond acceptors (Lipinski definition) is 7. The molecule has 0 bridgehead atoms. The van der Waals surface area contributed by atoms with Gasteiger partial charge in [-0.2, -0.15) is 0 Å². The van der Waals surface area contributed by atoms with E-state index in [1.165, 1.54) is 25.4 Å². The van der Waals surface area contributed by atoms with Crippen LogP contribution in [0.4, 0.5) is 14.5 Å². The number of anilines is 1. The van der Waals surface area contributed by atoms with E-state index in [4.69, 9.17) is 17.0 Å². The van der Waals surface area contributed by atoms with Crippen molar-refractivity contribution in [1.29, 1.82) is 0 Å². The number of hydrogen-bond donors (Lipinski definition) is 2. The lowest BCUT2D eigenvalue weighted by Crippen LogP contribution is -2.49. The molecule has 0 aliphatic carbocycles. The number of carbonyl (C=O) groups is 1. The molecule has 9 nitrogen and oxygen atoms in total. The number of aromatic amines is 1. The Balaban J connectivity index is 1.70. The van der Waals surface area contributed by atoms with Crippen molar-refractivity contribution in [3.63, 3.8) is 0 Å². The van der Waals surface area contributed by atoms with Crippen molar-refractivity contribution in [2.75, 3.05) is 58.8 Å². The smallest absolute Gasteiger partial charge is 0.257 e. The van der Waals surface area contributed by atoms with Crippen LogP contribution in [0.1, 0.15) is 30.1 Å². The molecule has 3 rings (SSSR count). The summed E-state index contributed by atoms with van der Waals surface area (Å²) in [6, 6.07) is 1.76. The summed E-state index contributed by atoms with van der Waals surface area (Å²) in [4.78, 5) is 17.8. The molecule has 12 heteroatoms. The van der Waals surface area contributed by atoms with Gasteiger partial charge >= 0.3 is 0 Å². The molecule has 0 saturated carbocycles. The monoisotopic (exact) mass is 481 g/mol. The van der Waals surface area contributed by atoms with E-state index < -0.39 is 17.7 Å². The summed E-state index contributed by atoms with van der Waals surface area (Å²) in [5.74, 6) is -1.33. The van der Waals surface area contributed by atoms with E-state index in [1.807, 2.05) is 19.0 Å². The van der Waals surface area contributed by atoms with Crippen LogP contribution in [0.2, 0.25) is 0 Å². The highest BCUT2D eigenvalue weighted by Crippen LogP contribution is 2.30. The molecule has 180 valence electrons. The van der Waals surface area contributed by atoms with Crippen LogP contribution in [0.25, 0.3) is 0 Å². The third kappa shape index (κ3) is 6.35. The van der Waals surface area contributed by atoms with Crippen LogP contribution in [0.5, 0.6) is 0 Å². The Labute approximate surface area is 197 Å². The van der Waals surface area contributed by atoms with Gasteiger partial charge < -0.3 is 24.8 Å². The van der Waals surface area contributed by atoms with E-state index in [9.17, 15) is 4.79 Å². The first-order chi connectivity index (χ1) is 15.8. The highest BCUT2D eigenvalue weighted by atomic mass is 32.1. The molecule has 1 aromatic carbocycles. The van der Waals surface area contributed by atoms with Crippen LogP contribution in [0.3, 0.4) is 0 Å². The molecule has 1 saturated heterocycles. The second-order valence-corrected chi connectivity index (χ2v) is 8.45. The summed E-state index contributed by atoms with van der Waals surface area (Å²) in [5, 5.41) is 13.1. The molecule has 2 heterocycles. The lowest BCUT2D eigenvalue weighted by Gasteiger charge is -2.36. The van der Waals surface area contributed by atoms with Gasteiger partial charge in [0.1, 0.15) is 29.1 Å². The second-order valence-electron chi connectivity index (χ2n) is 8.08. The summed E-state index contributed by atoms with van der Waals surface area (Å²) in [6.07, 6.45) is 2.76. The fourth-order valence-electron chi connectivity index (χ4n) is 3.79. The normalized spacial score (nSPS) is 15.0. The van der Waals surface area contributed by atoms with Crippen molar-refractivity contribution in [3.05, 3.63) is 41.2 Å². The molecule has 2 N–H and O–H groups in total.